The van der Waals surface area contributed by atoms with Gasteiger partial charge < -0.3 is 9.64 Å². The van der Waals surface area contributed by atoms with Crippen LogP contribution in [0.25, 0.3) is 0 Å². The van der Waals surface area contributed by atoms with E-state index in [0.717, 1.165) is 30.8 Å². The maximum atomic E-state index is 12.9. The summed E-state index contributed by atoms with van der Waals surface area (Å²) in [6.07, 6.45) is 7.51. The third kappa shape index (κ3) is 3.53. The molecule has 4 heterocycles. The summed E-state index contributed by atoms with van der Waals surface area (Å²) in [5.41, 5.74) is 1.85. The van der Waals surface area contributed by atoms with Crippen LogP contribution >= 0.6 is 0 Å². The van der Waals surface area contributed by atoms with Crippen molar-refractivity contribution in [3.8, 4) is 0 Å². The predicted octanol–water partition coefficient (Wildman–Crippen LogP) is 1.92. The minimum Gasteiger partial charge on any atom is -0.368 e. The van der Waals surface area contributed by atoms with Crippen LogP contribution in [-0.2, 0) is 28.1 Å². The van der Waals surface area contributed by atoms with Gasteiger partial charge >= 0.3 is 0 Å². The van der Waals surface area contributed by atoms with Gasteiger partial charge in [0, 0.05) is 25.2 Å². The molecule has 0 radical (unpaired) electrons. The molecule has 0 bridgehead atoms. The molecule has 8 heteroatoms. The molecule has 0 saturated carbocycles. The highest BCUT2D eigenvalue weighted by atomic mass is 16.5. The smallest absolute Gasteiger partial charge is 0.227 e. The van der Waals surface area contributed by atoms with Gasteiger partial charge in [-0.2, -0.15) is 5.10 Å². The lowest BCUT2D eigenvalue weighted by Gasteiger charge is -2.44. The molecule has 2 aromatic heterocycles. The molecule has 2 aliphatic rings. The molecular formula is C20H28N6O2. The number of carbonyl (C=O) groups excluding carboxylic acids is 1. The zero-order valence-corrected chi connectivity index (χ0v) is 16.8. The van der Waals surface area contributed by atoms with Crippen LogP contribution in [0.2, 0.25) is 0 Å². The monoisotopic (exact) mass is 384 g/mol. The summed E-state index contributed by atoms with van der Waals surface area (Å²) in [5, 5.41) is 4.10. The van der Waals surface area contributed by atoms with Crippen LogP contribution in [0, 0.1) is 5.92 Å². The molecule has 1 fully saturated rings. The van der Waals surface area contributed by atoms with Crippen LogP contribution in [0.1, 0.15) is 56.6 Å². The average Bonchev–Trinajstić information content (AvgIpc) is 3.21. The summed E-state index contributed by atoms with van der Waals surface area (Å²) in [7, 11) is 0. The van der Waals surface area contributed by atoms with Crippen LogP contribution in [0.3, 0.4) is 0 Å². The Balaban J connectivity index is 1.47. The number of hydrogen-bond acceptors (Lipinski definition) is 6. The number of aromatic nitrogens is 5. The Morgan fingerprint density at radius 1 is 1.29 bits per heavy atom. The topological polar surface area (TPSA) is 86.0 Å². The van der Waals surface area contributed by atoms with Gasteiger partial charge in [-0.05, 0) is 24.8 Å². The Labute approximate surface area is 165 Å². The minimum absolute atomic E-state index is 0.134. The van der Waals surface area contributed by atoms with Crippen LogP contribution < -0.4 is 0 Å². The molecule has 28 heavy (non-hydrogen) atoms. The summed E-state index contributed by atoms with van der Waals surface area (Å²) in [4.78, 5) is 28.2. The highest BCUT2D eigenvalue weighted by molar-refractivity contribution is 5.78. The number of fused-ring (bicyclic) bond motifs is 2. The minimum atomic E-state index is -0.383. The molecule has 8 nitrogen and oxygen atoms in total. The summed E-state index contributed by atoms with van der Waals surface area (Å²) in [5.74, 6) is 1.17. The molecule has 4 rings (SSSR count). The maximum Gasteiger partial charge on any atom is 0.227 e. The molecule has 1 atom stereocenters. The molecule has 2 aliphatic heterocycles. The number of likely N-dealkylation sites (tertiary alicyclic amines) is 1. The number of carbonyl (C=O) groups is 1. The summed E-state index contributed by atoms with van der Waals surface area (Å²) in [6, 6.07) is 0. The van der Waals surface area contributed by atoms with E-state index < -0.39 is 0 Å². The van der Waals surface area contributed by atoms with Gasteiger partial charge in [0.05, 0.1) is 24.8 Å². The van der Waals surface area contributed by atoms with Crippen LogP contribution in [0.4, 0.5) is 0 Å². The molecular weight excluding hydrogens is 356 g/mol. The Bertz CT molecular complexity index is 827. The van der Waals surface area contributed by atoms with Crippen molar-refractivity contribution in [1.82, 2.24) is 29.6 Å². The van der Waals surface area contributed by atoms with Crippen molar-refractivity contribution in [3.63, 3.8) is 0 Å². The van der Waals surface area contributed by atoms with E-state index in [1.165, 1.54) is 11.9 Å². The zero-order valence-electron chi connectivity index (χ0n) is 16.8. The van der Waals surface area contributed by atoms with Crippen LogP contribution in [-0.4, -0.2) is 55.2 Å². The first kappa shape index (κ1) is 19.0. The normalized spacial score (nSPS) is 19.6. The van der Waals surface area contributed by atoms with Crippen LogP contribution in [0.15, 0.2) is 18.9 Å². The second-order valence-electron chi connectivity index (χ2n) is 8.19. The first-order valence-electron chi connectivity index (χ1n) is 10.1. The van der Waals surface area contributed by atoms with E-state index in [-0.39, 0.29) is 23.3 Å². The van der Waals surface area contributed by atoms with Gasteiger partial charge in [-0.15, -0.1) is 0 Å². The number of ether oxygens (including phenoxy) is 1. The van der Waals surface area contributed by atoms with Crippen molar-refractivity contribution in [2.45, 2.75) is 58.1 Å². The Morgan fingerprint density at radius 3 is 2.75 bits per heavy atom. The molecule has 1 spiro atoms. The van der Waals surface area contributed by atoms with E-state index in [1.54, 1.807) is 11.0 Å². The number of amides is 1. The number of nitrogens with zero attached hydrogens (tertiary/aromatic N) is 6. The van der Waals surface area contributed by atoms with E-state index >= 15 is 0 Å². The first-order chi connectivity index (χ1) is 13.5. The Hall–Kier alpha value is -2.35. The summed E-state index contributed by atoms with van der Waals surface area (Å²) >= 11 is 0. The fourth-order valence-corrected chi connectivity index (χ4v) is 4.17. The van der Waals surface area contributed by atoms with Gasteiger partial charge in [-0.1, -0.05) is 20.8 Å². The van der Waals surface area contributed by atoms with Gasteiger partial charge in [0.25, 0.3) is 0 Å². The SMILES string of the molecule is CC(C)c1ncc2c(n1)C1(CCN(C(=O)[C@H](C)Cn3cncn3)CC1)OCC2. The summed E-state index contributed by atoms with van der Waals surface area (Å²) < 4.78 is 8.00. The number of rotatable bonds is 4. The van der Waals surface area contributed by atoms with E-state index in [1.807, 2.05) is 18.0 Å². The molecule has 1 saturated heterocycles. The molecule has 0 N–H and O–H groups in total. The highest BCUT2D eigenvalue weighted by Crippen LogP contribution is 2.40. The molecule has 2 aromatic rings. The number of hydrogen-bond donors (Lipinski definition) is 0. The fraction of sp³-hybridized carbons (Fsp3) is 0.650. The van der Waals surface area contributed by atoms with Gasteiger partial charge in [-0.3, -0.25) is 9.48 Å². The second-order valence-corrected chi connectivity index (χ2v) is 8.19. The lowest BCUT2D eigenvalue weighted by atomic mass is 9.83. The largest absolute Gasteiger partial charge is 0.368 e. The Kier molecular flexibility index (Phi) is 5.14. The third-order valence-corrected chi connectivity index (χ3v) is 5.81. The molecule has 1 amide bonds. The number of piperidine rings is 1. The van der Waals surface area contributed by atoms with Gasteiger partial charge in [0.2, 0.25) is 5.91 Å². The van der Waals surface area contributed by atoms with E-state index in [2.05, 4.69) is 28.9 Å². The van der Waals surface area contributed by atoms with Crippen molar-refractivity contribution < 1.29 is 9.53 Å². The predicted molar refractivity (Wildman–Crippen MR) is 102 cm³/mol. The standard InChI is InChI=1S/C20H28N6O2/c1-14(2)18-22-10-16-4-9-28-20(17(16)24-18)5-7-25(8-6-20)19(27)15(3)11-26-13-21-12-23-26/h10,12-15H,4-9,11H2,1-3H3/t15-/m1/s1. The zero-order chi connectivity index (χ0) is 19.7. The van der Waals surface area contributed by atoms with Crippen molar-refractivity contribution in [3.05, 3.63) is 35.9 Å². The maximum absolute atomic E-state index is 12.9. The average molecular weight is 384 g/mol. The quantitative estimate of drug-likeness (QED) is 0.800. The molecule has 0 aromatic carbocycles. The van der Waals surface area contributed by atoms with Gasteiger partial charge in [0.1, 0.15) is 24.1 Å². The molecule has 0 aliphatic carbocycles. The molecule has 0 unspecified atom stereocenters. The molecule has 150 valence electrons. The van der Waals surface area contributed by atoms with Crippen molar-refractivity contribution in [2.24, 2.45) is 5.92 Å². The van der Waals surface area contributed by atoms with Crippen molar-refractivity contribution in [1.29, 1.82) is 0 Å². The van der Waals surface area contributed by atoms with Gasteiger partial charge in [-0.25, -0.2) is 15.0 Å². The lowest BCUT2D eigenvalue weighted by Crippen LogP contribution is -2.50. The van der Waals surface area contributed by atoms with Crippen LogP contribution in [0.5, 0.6) is 0 Å². The van der Waals surface area contributed by atoms with Crippen molar-refractivity contribution >= 4 is 5.91 Å². The fourth-order valence-electron chi connectivity index (χ4n) is 4.17. The lowest BCUT2D eigenvalue weighted by molar-refractivity contribution is -0.145. The highest BCUT2D eigenvalue weighted by Gasteiger charge is 2.43. The summed E-state index contributed by atoms with van der Waals surface area (Å²) in [6.45, 7) is 8.76. The Morgan fingerprint density at radius 2 is 2.07 bits per heavy atom. The van der Waals surface area contributed by atoms with Gasteiger partial charge in [0.15, 0.2) is 0 Å². The first-order valence-corrected chi connectivity index (χ1v) is 10.1. The van der Waals surface area contributed by atoms with E-state index in [4.69, 9.17) is 9.72 Å². The van der Waals surface area contributed by atoms with E-state index in [9.17, 15) is 4.79 Å². The van der Waals surface area contributed by atoms with E-state index in [0.29, 0.717) is 26.2 Å². The second kappa shape index (κ2) is 7.58. The van der Waals surface area contributed by atoms with Crippen molar-refractivity contribution in [2.75, 3.05) is 19.7 Å². The third-order valence-electron chi connectivity index (χ3n) is 5.81.